The number of aryl methyl sites for hydroxylation is 2. The number of rotatable bonds is 5. The van der Waals surface area contributed by atoms with Crippen molar-refractivity contribution in [3.05, 3.63) is 71.4 Å². The molecule has 2 amide bonds. The molecule has 0 spiro atoms. The molecule has 6 heteroatoms. The average Bonchev–Trinajstić information content (AvgIpc) is 2.92. The summed E-state index contributed by atoms with van der Waals surface area (Å²) in [5.41, 5.74) is 5.05. The van der Waals surface area contributed by atoms with Crippen LogP contribution < -0.4 is 15.5 Å². The Morgan fingerprint density at radius 3 is 2.74 bits per heavy atom. The van der Waals surface area contributed by atoms with Gasteiger partial charge in [0.2, 0.25) is 11.8 Å². The second-order valence-corrected chi connectivity index (χ2v) is 8.10. The summed E-state index contributed by atoms with van der Waals surface area (Å²) in [6, 6.07) is 15.1. The van der Waals surface area contributed by atoms with Crippen LogP contribution in [0.15, 0.2) is 54.7 Å². The van der Waals surface area contributed by atoms with Gasteiger partial charge in [-0.2, -0.15) is 0 Å². The Balaban J connectivity index is 1.74. The van der Waals surface area contributed by atoms with Crippen molar-refractivity contribution < 1.29 is 9.59 Å². The fourth-order valence-corrected chi connectivity index (χ4v) is 4.11. The van der Waals surface area contributed by atoms with Gasteiger partial charge in [-0.15, -0.1) is 0 Å². The zero-order chi connectivity index (χ0) is 22.0. The van der Waals surface area contributed by atoms with Gasteiger partial charge in [0.1, 0.15) is 6.04 Å². The Kier molecular flexibility index (Phi) is 6.00. The first-order chi connectivity index (χ1) is 15.0. The first kappa shape index (κ1) is 21.0. The van der Waals surface area contributed by atoms with E-state index in [4.69, 9.17) is 0 Å². The van der Waals surface area contributed by atoms with Crippen molar-refractivity contribution in [3.63, 3.8) is 0 Å². The van der Waals surface area contributed by atoms with E-state index in [1.165, 1.54) is 0 Å². The predicted molar refractivity (Wildman–Crippen MR) is 123 cm³/mol. The number of pyridine rings is 1. The number of carbonyl (C=O) groups excluding carboxylic acids is 2. The largest absolute Gasteiger partial charge is 0.343 e. The molecular formula is C25H28N4O2. The van der Waals surface area contributed by atoms with Crippen LogP contribution in [0.25, 0.3) is 10.9 Å². The van der Waals surface area contributed by atoms with Crippen LogP contribution in [-0.2, 0) is 22.6 Å². The molecule has 4 rings (SSSR count). The first-order valence-corrected chi connectivity index (χ1v) is 10.7. The lowest BCUT2D eigenvalue weighted by Gasteiger charge is -2.28. The van der Waals surface area contributed by atoms with Gasteiger partial charge in [0.25, 0.3) is 0 Å². The number of para-hydroxylation sites is 2. The number of aromatic nitrogens is 1. The molecule has 31 heavy (non-hydrogen) atoms. The smallest absolute Gasteiger partial charge is 0.249 e. The number of nitrogens with one attached hydrogen (secondary N) is 2. The molecule has 1 aliphatic heterocycles. The van der Waals surface area contributed by atoms with E-state index in [-0.39, 0.29) is 17.9 Å². The van der Waals surface area contributed by atoms with Crippen molar-refractivity contribution in [2.45, 2.75) is 45.3 Å². The van der Waals surface area contributed by atoms with Gasteiger partial charge in [-0.25, -0.2) is 0 Å². The minimum absolute atomic E-state index is 0.0816. The number of hydrogen-bond donors (Lipinski definition) is 2. The van der Waals surface area contributed by atoms with Gasteiger partial charge < -0.3 is 15.5 Å². The minimum Gasteiger partial charge on any atom is -0.343 e. The van der Waals surface area contributed by atoms with E-state index in [2.05, 4.69) is 21.7 Å². The molecule has 160 valence electrons. The molecular weight excluding hydrogens is 388 g/mol. The van der Waals surface area contributed by atoms with E-state index in [1.807, 2.05) is 60.5 Å². The van der Waals surface area contributed by atoms with Gasteiger partial charge in [-0.05, 0) is 62.6 Å². The summed E-state index contributed by atoms with van der Waals surface area (Å²) < 4.78 is 0. The lowest BCUT2D eigenvalue weighted by atomic mass is 10.0. The number of anilines is 1. The van der Waals surface area contributed by atoms with E-state index in [0.29, 0.717) is 13.0 Å². The van der Waals surface area contributed by atoms with Crippen LogP contribution in [0.5, 0.6) is 0 Å². The zero-order valence-electron chi connectivity index (χ0n) is 18.2. The van der Waals surface area contributed by atoms with Crippen LogP contribution in [-0.4, -0.2) is 35.9 Å². The van der Waals surface area contributed by atoms with Gasteiger partial charge in [-0.1, -0.05) is 36.4 Å². The fourth-order valence-electron chi connectivity index (χ4n) is 4.11. The van der Waals surface area contributed by atoms with Gasteiger partial charge in [-0.3, -0.25) is 14.6 Å². The lowest BCUT2D eigenvalue weighted by Crippen LogP contribution is -2.52. The van der Waals surface area contributed by atoms with E-state index in [1.54, 1.807) is 14.0 Å². The molecule has 0 aliphatic carbocycles. The van der Waals surface area contributed by atoms with Crippen molar-refractivity contribution in [3.8, 4) is 0 Å². The molecule has 1 aromatic heterocycles. The highest BCUT2D eigenvalue weighted by atomic mass is 16.2. The van der Waals surface area contributed by atoms with Crippen molar-refractivity contribution >= 4 is 28.4 Å². The third kappa shape index (κ3) is 4.16. The number of carbonyl (C=O) groups is 2. The molecule has 0 saturated carbocycles. The monoisotopic (exact) mass is 416 g/mol. The van der Waals surface area contributed by atoms with Crippen LogP contribution >= 0.6 is 0 Å². The van der Waals surface area contributed by atoms with Gasteiger partial charge in [0.15, 0.2) is 0 Å². The molecule has 0 radical (unpaired) electrons. The van der Waals surface area contributed by atoms with Crippen molar-refractivity contribution in [2.75, 3.05) is 11.9 Å². The summed E-state index contributed by atoms with van der Waals surface area (Å²) in [7, 11) is 1.73. The molecule has 0 saturated heterocycles. The highest BCUT2D eigenvalue weighted by molar-refractivity contribution is 6.01. The highest BCUT2D eigenvalue weighted by Crippen LogP contribution is 2.31. The predicted octanol–water partition coefficient (Wildman–Crippen LogP) is 3.12. The number of amides is 2. The summed E-state index contributed by atoms with van der Waals surface area (Å²) in [6.45, 7) is 4.24. The standard InChI is InChI=1S/C25H28N4O2/c1-16-14-27-21-10-6-5-9-19(21)20(16)15-29-23-11-7-4-8-18(23)12-13-22(25(29)31)28-24(30)17(2)26-3/h4-11,14,17,22,26H,12-13,15H2,1-3H3,(H,28,30)/t17-,22?/m0/s1. The number of nitrogens with zero attached hydrogens (tertiary/aromatic N) is 2. The molecule has 3 aromatic rings. The molecule has 2 aromatic carbocycles. The lowest BCUT2D eigenvalue weighted by molar-refractivity contribution is -0.128. The Morgan fingerprint density at radius 1 is 1.19 bits per heavy atom. The van der Waals surface area contributed by atoms with Gasteiger partial charge in [0, 0.05) is 17.3 Å². The maximum Gasteiger partial charge on any atom is 0.249 e. The highest BCUT2D eigenvalue weighted by Gasteiger charge is 2.32. The number of likely N-dealkylation sites (N-methyl/N-ethyl adjacent to an activating group) is 1. The summed E-state index contributed by atoms with van der Waals surface area (Å²) in [5, 5.41) is 6.94. The normalized spacial score (nSPS) is 17.2. The van der Waals surface area contributed by atoms with Crippen molar-refractivity contribution in [1.29, 1.82) is 0 Å². The number of fused-ring (bicyclic) bond motifs is 2. The van der Waals surface area contributed by atoms with Gasteiger partial charge >= 0.3 is 0 Å². The Hall–Kier alpha value is -3.25. The van der Waals surface area contributed by atoms with Crippen molar-refractivity contribution in [2.24, 2.45) is 0 Å². The maximum atomic E-state index is 13.7. The Bertz CT molecular complexity index is 1130. The van der Waals surface area contributed by atoms with Crippen LogP contribution in [0.2, 0.25) is 0 Å². The molecule has 6 nitrogen and oxygen atoms in total. The molecule has 0 bridgehead atoms. The third-order valence-electron chi connectivity index (χ3n) is 6.11. The Labute approximate surface area is 182 Å². The molecule has 2 heterocycles. The summed E-state index contributed by atoms with van der Waals surface area (Å²) in [4.78, 5) is 32.6. The molecule has 2 atom stereocenters. The fraction of sp³-hybridized carbons (Fsp3) is 0.320. The number of hydrogen-bond acceptors (Lipinski definition) is 4. The second-order valence-electron chi connectivity index (χ2n) is 8.10. The van der Waals surface area contributed by atoms with Crippen LogP contribution in [0, 0.1) is 6.92 Å². The summed E-state index contributed by atoms with van der Waals surface area (Å²) in [5.74, 6) is -0.251. The first-order valence-electron chi connectivity index (χ1n) is 10.7. The van der Waals surface area contributed by atoms with Crippen LogP contribution in [0.1, 0.15) is 30.0 Å². The molecule has 1 unspecified atom stereocenters. The SMILES string of the molecule is CN[C@@H](C)C(=O)NC1CCc2ccccc2N(Cc2c(C)cnc3ccccc23)C1=O. The third-order valence-corrected chi connectivity index (χ3v) is 6.11. The second kappa shape index (κ2) is 8.86. The zero-order valence-corrected chi connectivity index (χ0v) is 18.2. The van der Waals surface area contributed by atoms with Crippen LogP contribution in [0.3, 0.4) is 0 Å². The topological polar surface area (TPSA) is 74.3 Å². The molecule has 1 aliphatic rings. The summed E-state index contributed by atoms with van der Waals surface area (Å²) >= 11 is 0. The number of benzene rings is 2. The molecule has 2 N–H and O–H groups in total. The van der Waals surface area contributed by atoms with Gasteiger partial charge in [0.05, 0.1) is 18.1 Å². The van der Waals surface area contributed by atoms with Crippen LogP contribution in [0.4, 0.5) is 5.69 Å². The summed E-state index contributed by atoms with van der Waals surface area (Å²) in [6.07, 6.45) is 3.16. The minimum atomic E-state index is -0.566. The maximum absolute atomic E-state index is 13.7. The van der Waals surface area contributed by atoms with E-state index in [9.17, 15) is 9.59 Å². The quantitative estimate of drug-likeness (QED) is 0.670. The average molecular weight is 417 g/mol. The Morgan fingerprint density at radius 2 is 1.94 bits per heavy atom. The van der Waals surface area contributed by atoms with E-state index < -0.39 is 6.04 Å². The molecule has 0 fully saturated rings. The van der Waals surface area contributed by atoms with E-state index >= 15 is 0 Å². The van der Waals surface area contributed by atoms with E-state index in [0.717, 1.165) is 39.7 Å². The van der Waals surface area contributed by atoms with Crippen molar-refractivity contribution in [1.82, 2.24) is 15.6 Å².